The number of phenolic OH excluding ortho intramolecular Hbond substituents is 1. The predicted molar refractivity (Wildman–Crippen MR) is 67.5 cm³/mol. The fourth-order valence-electron chi connectivity index (χ4n) is 1.46. The van der Waals surface area contributed by atoms with E-state index < -0.39 is 0 Å². The Kier molecular flexibility index (Phi) is 5.80. The highest BCUT2D eigenvalue weighted by atomic mass is 16.5. The van der Waals surface area contributed by atoms with Gasteiger partial charge in [-0.25, -0.2) is 0 Å². The maximum Gasteiger partial charge on any atom is 0.162 e. The number of benzene rings is 1. The minimum atomic E-state index is 0.201. The van der Waals surface area contributed by atoms with Gasteiger partial charge < -0.3 is 19.9 Å². The predicted octanol–water partition coefficient (Wildman–Crippen LogP) is 1.92. The van der Waals surface area contributed by atoms with Crippen LogP contribution in [0.25, 0.3) is 0 Å². The van der Waals surface area contributed by atoms with E-state index in [0.717, 1.165) is 12.1 Å². The lowest BCUT2D eigenvalue weighted by Crippen LogP contribution is -2.21. The van der Waals surface area contributed by atoms with Crippen molar-refractivity contribution in [1.29, 1.82) is 0 Å². The highest BCUT2D eigenvalue weighted by Crippen LogP contribution is 2.28. The van der Waals surface area contributed by atoms with Gasteiger partial charge in [-0.15, -0.1) is 0 Å². The van der Waals surface area contributed by atoms with Crippen molar-refractivity contribution >= 4 is 0 Å². The molecule has 0 spiro atoms. The maximum absolute atomic E-state index is 9.84. The lowest BCUT2D eigenvalue weighted by molar-refractivity contribution is 0.0807. The van der Waals surface area contributed by atoms with Crippen LogP contribution in [0.1, 0.15) is 19.4 Å². The van der Waals surface area contributed by atoms with Crippen molar-refractivity contribution in [3.63, 3.8) is 0 Å². The zero-order chi connectivity index (χ0) is 12.7. The third-order valence-electron chi connectivity index (χ3n) is 2.35. The zero-order valence-corrected chi connectivity index (χ0v) is 10.7. The summed E-state index contributed by atoms with van der Waals surface area (Å²) >= 11 is 0. The molecule has 0 fully saturated rings. The Hall–Kier alpha value is -1.26. The van der Waals surface area contributed by atoms with Gasteiger partial charge >= 0.3 is 0 Å². The normalized spacial score (nSPS) is 10.8. The average molecular weight is 239 g/mol. The first-order chi connectivity index (χ1) is 8.15. The molecule has 0 heterocycles. The quantitative estimate of drug-likeness (QED) is 0.714. The Labute approximate surface area is 103 Å². The first kappa shape index (κ1) is 13.8. The lowest BCUT2D eigenvalue weighted by atomic mass is 10.2. The minimum Gasteiger partial charge on any atom is -0.504 e. The molecule has 0 aliphatic carbocycles. The molecule has 0 aromatic heterocycles. The van der Waals surface area contributed by atoms with Crippen LogP contribution in [0.5, 0.6) is 11.5 Å². The number of hydrogen-bond acceptors (Lipinski definition) is 4. The zero-order valence-electron chi connectivity index (χ0n) is 10.7. The summed E-state index contributed by atoms with van der Waals surface area (Å²) in [6.45, 7) is 6.05. The van der Waals surface area contributed by atoms with Crippen LogP contribution >= 0.6 is 0 Å². The van der Waals surface area contributed by atoms with E-state index in [1.807, 2.05) is 26.0 Å². The standard InChI is InChI=1S/C13H21NO3/c1-10(2)17-8-7-14-9-11-5-4-6-12(16-3)13(11)15/h4-6,10,14-15H,7-9H2,1-3H3. The molecular formula is C13H21NO3. The maximum atomic E-state index is 9.84. The van der Waals surface area contributed by atoms with Crippen LogP contribution in [0.15, 0.2) is 18.2 Å². The van der Waals surface area contributed by atoms with Gasteiger partial charge in [-0.05, 0) is 19.9 Å². The molecule has 0 aliphatic rings. The molecule has 2 N–H and O–H groups in total. The van der Waals surface area contributed by atoms with Gasteiger partial charge in [-0.3, -0.25) is 0 Å². The Morgan fingerprint density at radius 3 is 2.76 bits per heavy atom. The van der Waals surface area contributed by atoms with E-state index >= 15 is 0 Å². The van der Waals surface area contributed by atoms with Gasteiger partial charge in [0.05, 0.1) is 19.8 Å². The molecule has 0 aliphatic heterocycles. The number of aromatic hydroxyl groups is 1. The van der Waals surface area contributed by atoms with Crippen molar-refractivity contribution in [2.24, 2.45) is 0 Å². The van der Waals surface area contributed by atoms with Crippen LogP contribution in [0.4, 0.5) is 0 Å². The third kappa shape index (κ3) is 4.63. The summed E-state index contributed by atoms with van der Waals surface area (Å²) in [4.78, 5) is 0. The first-order valence-corrected chi connectivity index (χ1v) is 5.82. The van der Waals surface area contributed by atoms with Crippen LogP contribution < -0.4 is 10.1 Å². The summed E-state index contributed by atoms with van der Waals surface area (Å²) in [6.07, 6.45) is 0.252. The molecule has 0 saturated heterocycles. The summed E-state index contributed by atoms with van der Waals surface area (Å²) in [5.74, 6) is 0.704. The van der Waals surface area contributed by atoms with Gasteiger partial charge in [0.2, 0.25) is 0 Å². The smallest absolute Gasteiger partial charge is 0.162 e. The number of ether oxygens (including phenoxy) is 2. The Morgan fingerprint density at radius 1 is 1.35 bits per heavy atom. The molecule has 0 saturated carbocycles. The molecule has 1 aromatic rings. The van der Waals surface area contributed by atoms with Crippen LogP contribution in [0.2, 0.25) is 0 Å². The van der Waals surface area contributed by atoms with Crippen molar-refractivity contribution in [3.05, 3.63) is 23.8 Å². The second-order valence-electron chi connectivity index (χ2n) is 4.06. The molecule has 0 bridgehead atoms. The Bertz CT molecular complexity index is 339. The second kappa shape index (κ2) is 7.14. The molecule has 0 unspecified atom stereocenters. The van der Waals surface area contributed by atoms with E-state index in [1.54, 1.807) is 13.2 Å². The molecule has 1 rings (SSSR count). The molecule has 1 aromatic carbocycles. The number of hydrogen-bond donors (Lipinski definition) is 2. The molecule has 4 nitrogen and oxygen atoms in total. The fraction of sp³-hybridized carbons (Fsp3) is 0.538. The summed E-state index contributed by atoms with van der Waals surface area (Å²) in [5, 5.41) is 13.0. The molecule has 96 valence electrons. The van der Waals surface area contributed by atoms with Crippen molar-refractivity contribution in [2.45, 2.75) is 26.5 Å². The van der Waals surface area contributed by atoms with Gasteiger partial charge in [0, 0.05) is 18.7 Å². The van der Waals surface area contributed by atoms with Crippen LogP contribution in [-0.2, 0) is 11.3 Å². The summed E-state index contributed by atoms with van der Waals surface area (Å²) in [6, 6.07) is 5.47. The summed E-state index contributed by atoms with van der Waals surface area (Å²) in [5.41, 5.74) is 0.828. The number of phenols is 1. The SMILES string of the molecule is COc1cccc(CNCCOC(C)C)c1O. The van der Waals surface area contributed by atoms with Crippen molar-refractivity contribution in [3.8, 4) is 11.5 Å². The van der Waals surface area contributed by atoms with Gasteiger partial charge in [0.15, 0.2) is 11.5 Å². The largest absolute Gasteiger partial charge is 0.504 e. The van der Waals surface area contributed by atoms with Crippen molar-refractivity contribution in [1.82, 2.24) is 5.32 Å². The fourth-order valence-corrected chi connectivity index (χ4v) is 1.46. The van der Waals surface area contributed by atoms with Gasteiger partial charge in [-0.1, -0.05) is 12.1 Å². The number of rotatable bonds is 7. The van der Waals surface area contributed by atoms with E-state index in [-0.39, 0.29) is 11.9 Å². The van der Waals surface area contributed by atoms with E-state index in [1.165, 1.54) is 0 Å². The van der Waals surface area contributed by atoms with Crippen molar-refractivity contribution < 1.29 is 14.6 Å². The third-order valence-corrected chi connectivity index (χ3v) is 2.35. The summed E-state index contributed by atoms with van der Waals surface area (Å²) < 4.78 is 10.4. The molecular weight excluding hydrogens is 218 g/mol. The number of methoxy groups -OCH3 is 1. The highest BCUT2D eigenvalue weighted by Gasteiger charge is 2.06. The monoisotopic (exact) mass is 239 g/mol. The lowest BCUT2D eigenvalue weighted by Gasteiger charge is -2.11. The number of para-hydroxylation sites is 1. The van der Waals surface area contributed by atoms with E-state index in [2.05, 4.69) is 5.32 Å². The second-order valence-corrected chi connectivity index (χ2v) is 4.06. The van der Waals surface area contributed by atoms with Gasteiger partial charge in [-0.2, -0.15) is 0 Å². The molecule has 0 atom stereocenters. The average Bonchev–Trinajstić information content (AvgIpc) is 2.30. The van der Waals surface area contributed by atoms with E-state index in [0.29, 0.717) is 18.9 Å². The van der Waals surface area contributed by atoms with Gasteiger partial charge in [0.25, 0.3) is 0 Å². The van der Waals surface area contributed by atoms with Crippen molar-refractivity contribution in [2.75, 3.05) is 20.3 Å². The van der Waals surface area contributed by atoms with Gasteiger partial charge in [0.1, 0.15) is 0 Å². The van der Waals surface area contributed by atoms with E-state index in [9.17, 15) is 5.11 Å². The summed E-state index contributed by atoms with van der Waals surface area (Å²) in [7, 11) is 1.54. The first-order valence-electron chi connectivity index (χ1n) is 5.82. The van der Waals surface area contributed by atoms with E-state index in [4.69, 9.17) is 9.47 Å². The Morgan fingerprint density at radius 2 is 2.12 bits per heavy atom. The van der Waals surface area contributed by atoms with Crippen LogP contribution in [-0.4, -0.2) is 31.5 Å². The number of nitrogens with one attached hydrogen (secondary N) is 1. The minimum absolute atomic E-state index is 0.201. The topological polar surface area (TPSA) is 50.7 Å². The van der Waals surface area contributed by atoms with Crippen LogP contribution in [0.3, 0.4) is 0 Å². The molecule has 17 heavy (non-hydrogen) atoms. The molecule has 0 radical (unpaired) electrons. The van der Waals surface area contributed by atoms with Crippen LogP contribution in [0, 0.1) is 0 Å². The highest BCUT2D eigenvalue weighted by molar-refractivity contribution is 5.45. The molecule has 4 heteroatoms. The Balaban J connectivity index is 2.36. The molecule has 0 amide bonds.